The maximum Gasteiger partial charge on any atom is 0.276 e. The summed E-state index contributed by atoms with van der Waals surface area (Å²) >= 11 is 2.11. The molecule has 0 saturated heterocycles. The SMILES string of the molecule is C#CCOc1ccc2ccccc2c1/C=N\NS(=O)(=O)c1ccc(I)cc1. The molecule has 3 rings (SSSR count). The highest BCUT2D eigenvalue weighted by Crippen LogP contribution is 2.26. The van der Waals surface area contributed by atoms with E-state index in [0.29, 0.717) is 11.3 Å². The van der Waals surface area contributed by atoms with Gasteiger partial charge in [0.1, 0.15) is 12.4 Å². The van der Waals surface area contributed by atoms with Crippen molar-refractivity contribution in [3.05, 3.63) is 69.8 Å². The smallest absolute Gasteiger partial charge is 0.276 e. The molecule has 0 aromatic heterocycles. The number of nitrogens with one attached hydrogen (secondary N) is 1. The van der Waals surface area contributed by atoms with Gasteiger partial charge in [-0.3, -0.25) is 0 Å². The van der Waals surface area contributed by atoms with Crippen molar-refractivity contribution in [1.29, 1.82) is 0 Å². The fourth-order valence-corrected chi connectivity index (χ4v) is 3.63. The number of terminal acetylenes is 1. The third kappa shape index (κ3) is 4.59. The molecule has 0 bridgehead atoms. The van der Waals surface area contributed by atoms with Crippen molar-refractivity contribution in [1.82, 2.24) is 4.83 Å². The van der Waals surface area contributed by atoms with Gasteiger partial charge in [0.15, 0.2) is 0 Å². The average molecular weight is 490 g/mol. The molecule has 3 aromatic rings. The van der Waals surface area contributed by atoms with E-state index < -0.39 is 10.0 Å². The highest BCUT2D eigenvalue weighted by molar-refractivity contribution is 14.1. The Hall–Kier alpha value is -2.57. The van der Waals surface area contributed by atoms with Gasteiger partial charge in [0, 0.05) is 9.13 Å². The molecule has 0 saturated carbocycles. The Balaban J connectivity index is 1.93. The number of hydrogen-bond donors (Lipinski definition) is 1. The molecule has 0 atom stereocenters. The van der Waals surface area contributed by atoms with E-state index in [4.69, 9.17) is 11.2 Å². The second-order valence-corrected chi connectivity index (χ2v) is 8.40. The minimum absolute atomic E-state index is 0.105. The number of ether oxygens (including phenoxy) is 1. The van der Waals surface area contributed by atoms with Crippen LogP contribution in [0.5, 0.6) is 5.75 Å². The third-order valence-electron chi connectivity index (χ3n) is 3.73. The first-order valence-corrected chi connectivity index (χ1v) is 10.5. The number of hydrazone groups is 1. The van der Waals surface area contributed by atoms with Crippen LogP contribution in [-0.2, 0) is 10.0 Å². The van der Waals surface area contributed by atoms with Gasteiger partial charge in [-0.1, -0.05) is 36.3 Å². The first-order chi connectivity index (χ1) is 13.0. The fraction of sp³-hybridized carbons (Fsp3) is 0.0500. The Morgan fingerprint density at radius 2 is 1.85 bits per heavy atom. The summed E-state index contributed by atoms with van der Waals surface area (Å²) in [6.07, 6.45) is 6.70. The maximum atomic E-state index is 12.4. The molecule has 7 heteroatoms. The lowest BCUT2D eigenvalue weighted by atomic mass is 10.0. The number of benzene rings is 3. The van der Waals surface area contributed by atoms with Gasteiger partial charge in [-0.05, 0) is 63.7 Å². The van der Waals surface area contributed by atoms with Crippen molar-refractivity contribution in [3.8, 4) is 18.1 Å². The van der Waals surface area contributed by atoms with E-state index in [9.17, 15) is 8.42 Å². The minimum Gasteiger partial charge on any atom is -0.480 e. The molecule has 27 heavy (non-hydrogen) atoms. The molecule has 0 aliphatic rings. The van der Waals surface area contributed by atoms with Crippen molar-refractivity contribution in [2.24, 2.45) is 5.10 Å². The molecule has 0 aliphatic carbocycles. The van der Waals surface area contributed by atoms with Gasteiger partial charge in [-0.15, -0.1) is 6.42 Å². The summed E-state index contributed by atoms with van der Waals surface area (Å²) in [6, 6.07) is 17.9. The van der Waals surface area contributed by atoms with Gasteiger partial charge in [0.25, 0.3) is 10.0 Å². The molecule has 0 radical (unpaired) electrons. The van der Waals surface area contributed by atoms with Crippen LogP contribution in [0.15, 0.2) is 70.7 Å². The van der Waals surface area contributed by atoms with E-state index in [1.807, 2.05) is 30.3 Å². The van der Waals surface area contributed by atoms with E-state index in [0.717, 1.165) is 14.3 Å². The standard InChI is InChI=1S/C20H15IN2O3S/c1-2-13-26-20-12-7-15-5-3-4-6-18(15)19(20)14-22-23-27(24,25)17-10-8-16(21)9-11-17/h1,3-12,14,23H,13H2/b22-14-. The number of halogens is 1. The summed E-state index contributed by atoms with van der Waals surface area (Å²) in [6.45, 7) is 0.105. The lowest BCUT2D eigenvalue weighted by molar-refractivity contribution is 0.370. The van der Waals surface area contributed by atoms with Crippen LogP contribution in [0.2, 0.25) is 0 Å². The van der Waals surface area contributed by atoms with Crippen molar-refractivity contribution < 1.29 is 13.2 Å². The van der Waals surface area contributed by atoms with Gasteiger partial charge in [-0.2, -0.15) is 13.5 Å². The van der Waals surface area contributed by atoms with E-state index in [1.165, 1.54) is 18.3 Å². The van der Waals surface area contributed by atoms with Crippen molar-refractivity contribution in [3.63, 3.8) is 0 Å². The summed E-state index contributed by atoms with van der Waals surface area (Å²) < 4.78 is 31.3. The van der Waals surface area contributed by atoms with E-state index in [1.54, 1.807) is 18.2 Å². The van der Waals surface area contributed by atoms with Gasteiger partial charge in [0.2, 0.25) is 0 Å². The number of fused-ring (bicyclic) bond motifs is 1. The summed E-state index contributed by atoms with van der Waals surface area (Å²) in [5, 5.41) is 5.79. The van der Waals surface area contributed by atoms with Crippen LogP contribution in [-0.4, -0.2) is 21.2 Å². The molecule has 3 aromatic carbocycles. The van der Waals surface area contributed by atoms with Crippen LogP contribution in [0, 0.1) is 15.9 Å². The second kappa shape index (κ2) is 8.41. The zero-order valence-electron chi connectivity index (χ0n) is 14.1. The Bertz CT molecular complexity index is 1130. The molecule has 0 unspecified atom stereocenters. The zero-order chi connectivity index (χ0) is 19.3. The lowest BCUT2D eigenvalue weighted by Crippen LogP contribution is -2.18. The number of sulfonamides is 1. The van der Waals surface area contributed by atoms with Crippen LogP contribution < -0.4 is 9.57 Å². The summed E-state index contributed by atoms with van der Waals surface area (Å²) in [4.78, 5) is 2.38. The van der Waals surface area contributed by atoms with Crippen LogP contribution in [0.4, 0.5) is 0 Å². The molecule has 0 spiro atoms. The second-order valence-electron chi connectivity index (χ2n) is 5.50. The van der Waals surface area contributed by atoms with Crippen LogP contribution in [0.25, 0.3) is 10.8 Å². The van der Waals surface area contributed by atoms with Crippen LogP contribution in [0.1, 0.15) is 5.56 Å². The third-order valence-corrected chi connectivity index (χ3v) is 5.69. The molecule has 0 heterocycles. The summed E-state index contributed by atoms with van der Waals surface area (Å²) in [5.41, 5.74) is 0.647. The lowest BCUT2D eigenvalue weighted by Gasteiger charge is -2.10. The van der Waals surface area contributed by atoms with Crippen molar-refractivity contribution in [2.45, 2.75) is 4.90 Å². The predicted octanol–water partition coefficient (Wildman–Crippen LogP) is 3.77. The Morgan fingerprint density at radius 1 is 1.11 bits per heavy atom. The Kier molecular flexibility index (Phi) is 5.98. The van der Waals surface area contributed by atoms with Crippen LogP contribution >= 0.6 is 22.6 Å². The fourth-order valence-electron chi connectivity index (χ4n) is 2.48. The highest BCUT2D eigenvalue weighted by Gasteiger charge is 2.13. The maximum absolute atomic E-state index is 12.4. The van der Waals surface area contributed by atoms with Gasteiger partial charge in [0.05, 0.1) is 11.1 Å². The summed E-state index contributed by atoms with van der Waals surface area (Å²) in [5.74, 6) is 2.95. The number of hydrogen-bond acceptors (Lipinski definition) is 4. The number of rotatable bonds is 6. The quantitative estimate of drug-likeness (QED) is 0.248. The monoisotopic (exact) mass is 490 g/mol. The van der Waals surface area contributed by atoms with Crippen LogP contribution in [0.3, 0.4) is 0 Å². The molecule has 0 aliphatic heterocycles. The largest absolute Gasteiger partial charge is 0.480 e. The zero-order valence-corrected chi connectivity index (χ0v) is 17.1. The number of nitrogens with zero attached hydrogens (tertiary/aromatic N) is 1. The van der Waals surface area contributed by atoms with Gasteiger partial charge < -0.3 is 4.74 Å². The molecular weight excluding hydrogens is 475 g/mol. The normalized spacial score (nSPS) is 11.4. The highest BCUT2D eigenvalue weighted by atomic mass is 127. The molecule has 136 valence electrons. The van der Waals surface area contributed by atoms with E-state index in [2.05, 4.69) is 38.4 Å². The van der Waals surface area contributed by atoms with Crippen molar-refractivity contribution >= 4 is 49.6 Å². The Labute approximate surface area is 171 Å². The molecule has 5 nitrogen and oxygen atoms in total. The van der Waals surface area contributed by atoms with Gasteiger partial charge >= 0.3 is 0 Å². The first kappa shape index (κ1) is 19.2. The van der Waals surface area contributed by atoms with Gasteiger partial charge in [-0.25, -0.2) is 4.83 Å². The molecule has 0 fully saturated rings. The predicted molar refractivity (Wildman–Crippen MR) is 115 cm³/mol. The first-order valence-electron chi connectivity index (χ1n) is 7.90. The van der Waals surface area contributed by atoms with E-state index in [-0.39, 0.29) is 11.5 Å². The van der Waals surface area contributed by atoms with E-state index >= 15 is 0 Å². The minimum atomic E-state index is -3.75. The molecule has 1 N–H and O–H groups in total. The Morgan fingerprint density at radius 3 is 2.59 bits per heavy atom. The molecular formula is C20H15IN2O3S. The average Bonchev–Trinajstić information content (AvgIpc) is 2.67. The summed E-state index contributed by atoms with van der Waals surface area (Å²) in [7, 11) is -3.75. The molecule has 0 amide bonds. The van der Waals surface area contributed by atoms with Crippen molar-refractivity contribution in [2.75, 3.05) is 6.61 Å². The topological polar surface area (TPSA) is 67.8 Å².